The Morgan fingerprint density at radius 2 is 1.45 bits per heavy atom. The van der Waals surface area contributed by atoms with Crippen LogP contribution in [0.15, 0.2) is 108 Å². The number of carbonyl (C=O) groups is 2. The number of carbonyl (C=O) groups excluding carboxylic acids is 2. The Labute approximate surface area is 269 Å². The van der Waals surface area contributed by atoms with Crippen molar-refractivity contribution in [2.24, 2.45) is 0 Å². The lowest BCUT2D eigenvalue weighted by molar-refractivity contribution is -0.140. The van der Waals surface area contributed by atoms with Crippen LogP contribution in [-0.4, -0.2) is 43.8 Å². The van der Waals surface area contributed by atoms with E-state index in [1.54, 1.807) is 54.6 Å². The van der Waals surface area contributed by atoms with E-state index in [-0.39, 0.29) is 35.5 Å². The van der Waals surface area contributed by atoms with E-state index in [9.17, 15) is 18.0 Å². The number of rotatable bonds is 12. The van der Waals surface area contributed by atoms with Gasteiger partial charge in [0, 0.05) is 29.1 Å². The van der Waals surface area contributed by atoms with Crippen molar-refractivity contribution in [2.75, 3.05) is 10.8 Å². The van der Waals surface area contributed by atoms with Gasteiger partial charge in [0.2, 0.25) is 11.8 Å². The molecular formula is C34H35Cl2N3O4S. The van der Waals surface area contributed by atoms with Crippen LogP contribution in [0.3, 0.4) is 0 Å². The van der Waals surface area contributed by atoms with Crippen molar-refractivity contribution in [3.05, 3.63) is 130 Å². The van der Waals surface area contributed by atoms with Gasteiger partial charge >= 0.3 is 0 Å². The number of anilines is 1. The van der Waals surface area contributed by atoms with Gasteiger partial charge in [-0.3, -0.25) is 13.9 Å². The first-order valence-electron chi connectivity index (χ1n) is 14.2. The molecule has 0 heterocycles. The number of hydrogen-bond donors (Lipinski definition) is 1. The highest BCUT2D eigenvalue weighted by Gasteiger charge is 2.35. The van der Waals surface area contributed by atoms with Gasteiger partial charge in [-0.05, 0) is 74.4 Å². The summed E-state index contributed by atoms with van der Waals surface area (Å²) in [5.41, 5.74) is 2.70. The van der Waals surface area contributed by atoms with Crippen molar-refractivity contribution in [2.45, 2.75) is 50.7 Å². The average Bonchev–Trinajstić information content (AvgIpc) is 2.98. The highest BCUT2D eigenvalue weighted by atomic mass is 35.5. The molecule has 0 radical (unpaired) electrons. The molecule has 4 aromatic carbocycles. The van der Waals surface area contributed by atoms with Crippen LogP contribution in [0.1, 0.15) is 30.5 Å². The van der Waals surface area contributed by atoms with Gasteiger partial charge in [-0.25, -0.2) is 8.42 Å². The molecule has 0 aliphatic heterocycles. The molecule has 44 heavy (non-hydrogen) atoms. The Balaban J connectivity index is 1.80. The summed E-state index contributed by atoms with van der Waals surface area (Å²) < 4.78 is 29.2. The fourth-order valence-electron chi connectivity index (χ4n) is 4.72. The monoisotopic (exact) mass is 651 g/mol. The molecule has 2 amide bonds. The van der Waals surface area contributed by atoms with Crippen molar-refractivity contribution in [1.82, 2.24) is 10.2 Å². The molecule has 10 heteroatoms. The summed E-state index contributed by atoms with van der Waals surface area (Å²) in [5, 5.41) is 3.79. The first kappa shape index (κ1) is 33.1. The van der Waals surface area contributed by atoms with Gasteiger partial charge in [0.1, 0.15) is 12.6 Å². The first-order valence-corrected chi connectivity index (χ1v) is 16.4. The topological polar surface area (TPSA) is 86.8 Å². The minimum absolute atomic E-state index is 0.0264. The van der Waals surface area contributed by atoms with Crippen LogP contribution in [0.5, 0.6) is 0 Å². The number of hydrogen-bond acceptors (Lipinski definition) is 4. The second kappa shape index (κ2) is 14.8. The lowest BCUT2D eigenvalue weighted by Gasteiger charge is -2.34. The zero-order chi connectivity index (χ0) is 31.9. The highest BCUT2D eigenvalue weighted by molar-refractivity contribution is 7.92. The molecule has 0 spiro atoms. The van der Waals surface area contributed by atoms with Gasteiger partial charge in [0.25, 0.3) is 10.0 Å². The van der Waals surface area contributed by atoms with E-state index >= 15 is 0 Å². The number of amides is 2. The molecule has 1 N–H and O–H groups in total. The molecule has 1 unspecified atom stereocenters. The number of nitrogens with zero attached hydrogens (tertiary/aromatic N) is 2. The van der Waals surface area contributed by atoms with Crippen LogP contribution in [0.2, 0.25) is 10.0 Å². The van der Waals surface area contributed by atoms with Crippen LogP contribution in [0.25, 0.3) is 0 Å². The van der Waals surface area contributed by atoms with Gasteiger partial charge in [-0.2, -0.15) is 0 Å². The third-order valence-electron chi connectivity index (χ3n) is 6.95. The van der Waals surface area contributed by atoms with Gasteiger partial charge in [-0.15, -0.1) is 0 Å². The Morgan fingerprint density at radius 1 is 0.795 bits per heavy atom. The SMILES string of the molecule is Cc1ccc(S(=O)(=O)N(CC(=O)N(Cc2ccc(Cl)cc2)C(Cc2ccccc2)C(=O)NC(C)C)c2cccc(Cl)c2)cc1. The fourth-order valence-corrected chi connectivity index (χ4v) is 6.44. The molecule has 0 bridgehead atoms. The Bertz CT molecular complexity index is 1680. The number of halogens is 2. The number of nitrogens with one attached hydrogen (secondary N) is 1. The third-order valence-corrected chi connectivity index (χ3v) is 9.23. The summed E-state index contributed by atoms with van der Waals surface area (Å²) >= 11 is 12.4. The van der Waals surface area contributed by atoms with Crippen LogP contribution in [0.4, 0.5) is 5.69 Å². The molecule has 230 valence electrons. The zero-order valence-electron chi connectivity index (χ0n) is 24.8. The normalized spacial score (nSPS) is 12.0. The molecule has 1 atom stereocenters. The molecule has 0 saturated carbocycles. The largest absolute Gasteiger partial charge is 0.352 e. The maximum absolute atomic E-state index is 14.4. The molecular weight excluding hydrogens is 617 g/mol. The highest BCUT2D eigenvalue weighted by Crippen LogP contribution is 2.27. The standard InChI is InChI=1S/C34H35Cl2N3O4S/c1-24(2)37-34(41)32(20-26-8-5-4-6-9-26)38(22-27-14-16-28(35)17-15-27)33(40)23-39(30-11-7-10-29(36)21-30)44(42,43)31-18-12-25(3)13-19-31/h4-19,21,24,32H,20,22-23H2,1-3H3,(H,37,41). The van der Waals surface area contributed by atoms with Crippen LogP contribution in [0, 0.1) is 6.92 Å². The molecule has 0 aromatic heterocycles. The number of benzene rings is 4. The molecule has 0 saturated heterocycles. The Kier molecular flexibility index (Phi) is 11.1. The van der Waals surface area contributed by atoms with Gasteiger partial charge < -0.3 is 10.2 Å². The molecule has 4 aromatic rings. The van der Waals surface area contributed by atoms with E-state index in [4.69, 9.17) is 23.2 Å². The predicted molar refractivity (Wildman–Crippen MR) is 176 cm³/mol. The first-order chi connectivity index (χ1) is 20.9. The fraction of sp³-hybridized carbons (Fsp3) is 0.235. The summed E-state index contributed by atoms with van der Waals surface area (Å²) in [4.78, 5) is 29.6. The second-order valence-electron chi connectivity index (χ2n) is 10.8. The van der Waals surface area contributed by atoms with Gasteiger partial charge in [0.15, 0.2) is 0 Å². The average molecular weight is 653 g/mol. The summed E-state index contributed by atoms with van der Waals surface area (Å²) in [6.45, 7) is 5.03. The third kappa shape index (κ3) is 8.62. The maximum Gasteiger partial charge on any atom is 0.264 e. The van der Waals surface area contributed by atoms with Gasteiger partial charge in [-0.1, -0.05) is 89.4 Å². The van der Waals surface area contributed by atoms with Crippen LogP contribution in [-0.2, 0) is 32.6 Å². The van der Waals surface area contributed by atoms with Crippen LogP contribution >= 0.6 is 23.2 Å². The molecule has 4 rings (SSSR count). The van der Waals surface area contributed by atoms with Crippen molar-refractivity contribution in [1.29, 1.82) is 0 Å². The smallest absolute Gasteiger partial charge is 0.264 e. The summed E-state index contributed by atoms with van der Waals surface area (Å²) in [6, 6.07) is 28.0. The lowest BCUT2D eigenvalue weighted by atomic mass is 10.0. The van der Waals surface area contributed by atoms with Crippen molar-refractivity contribution in [3.8, 4) is 0 Å². The van der Waals surface area contributed by atoms with Crippen molar-refractivity contribution in [3.63, 3.8) is 0 Å². The molecule has 0 aliphatic rings. The van der Waals surface area contributed by atoms with E-state index in [1.165, 1.54) is 23.1 Å². The Hall–Kier alpha value is -3.85. The zero-order valence-corrected chi connectivity index (χ0v) is 27.1. The summed E-state index contributed by atoms with van der Waals surface area (Å²) in [6.07, 6.45) is 0.223. The van der Waals surface area contributed by atoms with E-state index in [0.29, 0.717) is 10.0 Å². The summed E-state index contributed by atoms with van der Waals surface area (Å²) in [5.74, 6) is -0.905. The van der Waals surface area contributed by atoms with E-state index in [1.807, 2.05) is 51.1 Å². The Morgan fingerprint density at radius 3 is 2.07 bits per heavy atom. The lowest BCUT2D eigenvalue weighted by Crippen LogP contribution is -2.54. The minimum Gasteiger partial charge on any atom is -0.352 e. The quantitative estimate of drug-likeness (QED) is 0.186. The van der Waals surface area contributed by atoms with E-state index < -0.39 is 28.5 Å². The second-order valence-corrected chi connectivity index (χ2v) is 13.6. The van der Waals surface area contributed by atoms with Crippen molar-refractivity contribution < 1.29 is 18.0 Å². The predicted octanol–water partition coefficient (Wildman–Crippen LogP) is 6.66. The molecule has 0 fully saturated rings. The molecule has 7 nitrogen and oxygen atoms in total. The van der Waals surface area contributed by atoms with Gasteiger partial charge in [0.05, 0.1) is 10.6 Å². The number of sulfonamides is 1. The number of aryl methyl sites for hydroxylation is 1. The van der Waals surface area contributed by atoms with E-state index in [0.717, 1.165) is 21.0 Å². The summed E-state index contributed by atoms with van der Waals surface area (Å²) in [7, 11) is -4.21. The molecule has 0 aliphatic carbocycles. The van der Waals surface area contributed by atoms with Crippen molar-refractivity contribution >= 4 is 50.7 Å². The van der Waals surface area contributed by atoms with E-state index in [2.05, 4.69) is 5.32 Å². The van der Waals surface area contributed by atoms with Crippen LogP contribution < -0.4 is 9.62 Å². The maximum atomic E-state index is 14.4. The minimum atomic E-state index is -4.21.